The van der Waals surface area contributed by atoms with Gasteiger partial charge in [0.2, 0.25) is 0 Å². The molecule has 0 aliphatic rings. The minimum absolute atomic E-state index is 0.182. The summed E-state index contributed by atoms with van der Waals surface area (Å²) >= 11 is 3.29. The van der Waals surface area contributed by atoms with Crippen LogP contribution in [0.1, 0.15) is 0 Å². The molecule has 0 radical (unpaired) electrons. The Balaban J connectivity index is 2.46. The summed E-state index contributed by atoms with van der Waals surface area (Å²) in [6, 6.07) is 3.05. The lowest BCUT2D eigenvalue weighted by Gasteiger charge is -1.97. The van der Waals surface area contributed by atoms with Gasteiger partial charge in [-0.3, -0.25) is 4.98 Å². The van der Waals surface area contributed by atoms with Crippen molar-refractivity contribution < 1.29 is 4.92 Å². The Bertz CT molecular complexity index is 511. The van der Waals surface area contributed by atoms with Crippen molar-refractivity contribution >= 4 is 21.7 Å². The van der Waals surface area contributed by atoms with Crippen molar-refractivity contribution in [2.24, 2.45) is 0 Å². The third kappa shape index (κ3) is 1.86. The fraction of sp³-hybridized carbons (Fsp3) is 0. The van der Waals surface area contributed by atoms with Gasteiger partial charge < -0.3 is 10.1 Å². The first-order chi connectivity index (χ1) is 7.18. The monoisotopic (exact) mass is 268 g/mol. The first-order valence-electron chi connectivity index (χ1n) is 3.98. The van der Waals surface area contributed by atoms with Crippen LogP contribution < -0.4 is 0 Å². The van der Waals surface area contributed by atoms with Crippen LogP contribution in [0.15, 0.2) is 35.2 Å². The topological polar surface area (TPSA) is 73.8 Å². The van der Waals surface area contributed by atoms with E-state index in [9.17, 15) is 10.1 Å². The zero-order chi connectivity index (χ0) is 10.8. The molecular weight excluding hydrogens is 264 g/mol. The van der Waals surface area contributed by atoms with E-state index in [2.05, 4.69) is 26.0 Å². The van der Waals surface area contributed by atoms with Crippen molar-refractivity contribution in [3.8, 4) is 5.69 Å². The van der Waals surface area contributed by atoms with Crippen molar-refractivity contribution in [2.45, 2.75) is 0 Å². The molecule has 15 heavy (non-hydrogen) atoms. The summed E-state index contributed by atoms with van der Waals surface area (Å²) in [5, 5.41) is 14.2. The molecule has 2 aromatic heterocycles. The van der Waals surface area contributed by atoms with E-state index >= 15 is 0 Å². The van der Waals surface area contributed by atoms with E-state index in [1.165, 1.54) is 16.9 Å². The molecule has 0 saturated heterocycles. The zero-order valence-corrected chi connectivity index (χ0v) is 8.96. The van der Waals surface area contributed by atoms with Crippen molar-refractivity contribution in [3.05, 3.63) is 45.3 Å². The SMILES string of the molecule is O=[N+]([O-])c1ccn(-c2ccncc2Br)n1. The van der Waals surface area contributed by atoms with Crippen molar-refractivity contribution in [1.82, 2.24) is 14.8 Å². The maximum atomic E-state index is 10.4. The summed E-state index contributed by atoms with van der Waals surface area (Å²) in [5.41, 5.74) is 0.707. The van der Waals surface area contributed by atoms with Crippen LogP contribution in [-0.2, 0) is 0 Å². The van der Waals surface area contributed by atoms with Gasteiger partial charge in [0, 0.05) is 12.4 Å². The normalized spacial score (nSPS) is 10.2. The van der Waals surface area contributed by atoms with Crippen LogP contribution in [0.4, 0.5) is 5.82 Å². The third-order valence-electron chi connectivity index (χ3n) is 1.76. The number of nitro groups is 1. The number of hydrogen-bond donors (Lipinski definition) is 0. The van der Waals surface area contributed by atoms with Gasteiger partial charge >= 0.3 is 5.82 Å². The smallest absolute Gasteiger partial charge is 0.358 e. The highest BCUT2D eigenvalue weighted by Gasteiger charge is 2.13. The molecule has 7 heteroatoms. The Morgan fingerprint density at radius 2 is 2.27 bits per heavy atom. The fourth-order valence-corrected chi connectivity index (χ4v) is 1.53. The number of halogens is 1. The molecular formula is C8H5BrN4O2. The molecule has 0 atom stereocenters. The van der Waals surface area contributed by atoms with Crippen LogP contribution in [0.3, 0.4) is 0 Å². The molecule has 0 spiro atoms. The Morgan fingerprint density at radius 3 is 2.87 bits per heavy atom. The molecule has 0 amide bonds. The minimum Gasteiger partial charge on any atom is -0.358 e. The van der Waals surface area contributed by atoms with Gasteiger partial charge in [0.05, 0.1) is 21.8 Å². The highest BCUT2D eigenvalue weighted by molar-refractivity contribution is 9.10. The quantitative estimate of drug-likeness (QED) is 0.616. The van der Waals surface area contributed by atoms with E-state index in [1.807, 2.05) is 0 Å². The fourth-order valence-electron chi connectivity index (χ4n) is 1.10. The summed E-state index contributed by atoms with van der Waals surface area (Å²) < 4.78 is 2.15. The van der Waals surface area contributed by atoms with Crippen LogP contribution in [-0.4, -0.2) is 19.7 Å². The van der Waals surface area contributed by atoms with Gasteiger partial charge in [0.15, 0.2) is 0 Å². The highest BCUT2D eigenvalue weighted by Crippen LogP contribution is 2.19. The standard InChI is InChI=1S/C8H5BrN4O2/c9-6-5-10-3-1-7(6)12-4-2-8(11-12)13(14)15/h1-5H. The molecule has 76 valence electrons. The predicted octanol–water partition coefficient (Wildman–Crippen LogP) is 1.94. The van der Waals surface area contributed by atoms with Crippen LogP contribution in [0, 0.1) is 10.1 Å². The number of aromatic nitrogens is 3. The number of hydrogen-bond acceptors (Lipinski definition) is 4. The van der Waals surface area contributed by atoms with Gasteiger partial charge in [-0.05, 0) is 26.9 Å². The molecule has 0 fully saturated rings. The second-order valence-electron chi connectivity index (χ2n) is 2.70. The second-order valence-corrected chi connectivity index (χ2v) is 3.56. The van der Waals surface area contributed by atoms with Gasteiger partial charge in [-0.15, -0.1) is 4.68 Å². The molecule has 0 aromatic carbocycles. The average molecular weight is 269 g/mol. The molecule has 6 nitrogen and oxygen atoms in total. The van der Waals surface area contributed by atoms with E-state index in [0.717, 1.165) is 4.47 Å². The van der Waals surface area contributed by atoms with Gasteiger partial charge in [0.1, 0.15) is 5.69 Å². The van der Waals surface area contributed by atoms with Gasteiger partial charge in [0.25, 0.3) is 0 Å². The molecule has 0 bridgehead atoms. The number of pyridine rings is 1. The molecule has 2 rings (SSSR count). The largest absolute Gasteiger partial charge is 0.390 e. The van der Waals surface area contributed by atoms with Crippen LogP contribution in [0.2, 0.25) is 0 Å². The maximum Gasteiger partial charge on any atom is 0.390 e. The maximum absolute atomic E-state index is 10.4. The summed E-state index contributed by atoms with van der Waals surface area (Å²) in [7, 11) is 0. The Morgan fingerprint density at radius 1 is 1.47 bits per heavy atom. The molecule has 0 unspecified atom stereocenters. The first kappa shape index (κ1) is 9.78. The van der Waals surface area contributed by atoms with Crippen LogP contribution in [0.25, 0.3) is 5.69 Å². The highest BCUT2D eigenvalue weighted by atomic mass is 79.9. The minimum atomic E-state index is -0.536. The summed E-state index contributed by atoms with van der Waals surface area (Å²) in [6.07, 6.45) is 4.72. The lowest BCUT2D eigenvalue weighted by atomic mass is 10.4. The zero-order valence-electron chi connectivity index (χ0n) is 7.37. The Labute approximate surface area is 92.8 Å². The van der Waals surface area contributed by atoms with E-state index in [-0.39, 0.29) is 5.82 Å². The van der Waals surface area contributed by atoms with Crippen LogP contribution in [0.5, 0.6) is 0 Å². The summed E-state index contributed by atoms with van der Waals surface area (Å²) in [5.74, 6) is -0.182. The molecule has 2 heterocycles. The van der Waals surface area contributed by atoms with Gasteiger partial charge in [-0.25, -0.2) is 0 Å². The van der Waals surface area contributed by atoms with E-state index in [4.69, 9.17) is 0 Å². The molecule has 0 aliphatic heterocycles. The van der Waals surface area contributed by atoms with Crippen LogP contribution >= 0.6 is 15.9 Å². The average Bonchev–Trinajstić information content (AvgIpc) is 2.67. The molecule has 0 aliphatic carbocycles. The third-order valence-corrected chi connectivity index (χ3v) is 2.37. The van der Waals surface area contributed by atoms with Crippen molar-refractivity contribution in [1.29, 1.82) is 0 Å². The summed E-state index contributed by atoms with van der Waals surface area (Å²) in [4.78, 5) is 13.8. The van der Waals surface area contributed by atoms with Gasteiger partial charge in [-0.2, -0.15) is 0 Å². The van der Waals surface area contributed by atoms with E-state index < -0.39 is 4.92 Å². The van der Waals surface area contributed by atoms with E-state index in [0.29, 0.717) is 5.69 Å². The first-order valence-corrected chi connectivity index (χ1v) is 4.78. The Hall–Kier alpha value is -1.76. The lowest BCUT2D eigenvalue weighted by molar-refractivity contribution is -0.389. The molecule has 2 aromatic rings. The van der Waals surface area contributed by atoms with E-state index in [1.54, 1.807) is 18.5 Å². The molecule has 0 N–H and O–H groups in total. The number of rotatable bonds is 2. The Kier molecular flexibility index (Phi) is 2.46. The molecule has 0 saturated carbocycles. The van der Waals surface area contributed by atoms with Crippen molar-refractivity contribution in [3.63, 3.8) is 0 Å². The van der Waals surface area contributed by atoms with Gasteiger partial charge in [-0.1, -0.05) is 0 Å². The number of nitrogens with zero attached hydrogens (tertiary/aromatic N) is 4. The summed E-state index contributed by atoms with van der Waals surface area (Å²) in [6.45, 7) is 0. The lowest BCUT2D eigenvalue weighted by Crippen LogP contribution is -1.97. The van der Waals surface area contributed by atoms with Crippen molar-refractivity contribution in [2.75, 3.05) is 0 Å². The second kappa shape index (κ2) is 3.77. The predicted molar refractivity (Wildman–Crippen MR) is 55.7 cm³/mol.